The molecule has 2 heterocycles. The van der Waals surface area contributed by atoms with Crippen LogP contribution >= 0.6 is 11.3 Å². The fourth-order valence-electron chi connectivity index (χ4n) is 2.94. The molecule has 0 spiro atoms. The zero-order valence-corrected chi connectivity index (χ0v) is 15.0. The number of hydrogen-bond acceptors (Lipinski definition) is 5. The van der Waals surface area contributed by atoms with Gasteiger partial charge in [0.1, 0.15) is 17.5 Å². The maximum absolute atomic E-state index is 12.7. The van der Waals surface area contributed by atoms with Gasteiger partial charge in [-0.25, -0.2) is 0 Å². The van der Waals surface area contributed by atoms with E-state index in [2.05, 4.69) is 5.32 Å². The Balaban J connectivity index is 1.75. The van der Waals surface area contributed by atoms with E-state index in [0.717, 1.165) is 6.42 Å². The zero-order chi connectivity index (χ0) is 17.8. The van der Waals surface area contributed by atoms with Crippen LogP contribution in [0.1, 0.15) is 22.5 Å². The number of nitrogens with zero attached hydrogens (tertiary/aromatic N) is 1. The molecule has 1 aliphatic heterocycles. The van der Waals surface area contributed by atoms with Gasteiger partial charge in [-0.3, -0.25) is 9.59 Å². The number of nitrogens with one attached hydrogen (secondary N) is 1. The minimum absolute atomic E-state index is 0.0886. The topological polar surface area (TPSA) is 67.9 Å². The summed E-state index contributed by atoms with van der Waals surface area (Å²) in [6.45, 7) is 0.592. The Kier molecular flexibility index (Phi) is 5.23. The molecule has 1 saturated heterocycles. The number of carbonyl (C=O) groups is 2. The first kappa shape index (κ1) is 17.3. The molecule has 0 saturated carbocycles. The lowest BCUT2D eigenvalue weighted by molar-refractivity contribution is -0.119. The molecule has 25 heavy (non-hydrogen) atoms. The number of ether oxygens (including phenoxy) is 2. The van der Waals surface area contributed by atoms with E-state index in [-0.39, 0.29) is 11.8 Å². The van der Waals surface area contributed by atoms with Gasteiger partial charge < -0.3 is 19.7 Å². The third-order valence-corrected chi connectivity index (χ3v) is 5.07. The Hall–Kier alpha value is -2.54. The van der Waals surface area contributed by atoms with E-state index in [4.69, 9.17) is 9.47 Å². The molecule has 1 aromatic heterocycles. The Morgan fingerprint density at radius 2 is 2.08 bits per heavy atom. The molecule has 7 heteroatoms. The second kappa shape index (κ2) is 7.57. The number of anilines is 1. The summed E-state index contributed by atoms with van der Waals surface area (Å²) in [5, 5.41) is 4.74. The van der Waals surface area contributed by atoms with Crippen molar-refractivity contribution in [2.24, 2.45) is 0 Å². The average molecular weight is 360 g/mol. The number of rotatable bonds is 5. The van der Waals surface area contributed by atoms with Crippen LogP contribution in [0.25, 0.3) is 0 Å². The molecule has 3 rings (SSSR count). The van der Waals surface area contributed by atoms with Gasteiger partial charge in [-0.1, -0.05) is 6.07 Å². The number of benzene rings is 1. The summed E-state index contributed by atoms with van der Waals surface area (Å²) >= 11 is 1.39. The van der Waals surface area contributed by atoms with E-state index in [1.807, 2.05) is 11.4 Å². The van der Waals surface area contributed by atoms with Gasteiger partial charge in [-0.15, -0.1) is 11.3 Å². The summed E-state index contributed by atoms with van der Waals surface area (Å²) in [5.41, 5.74) is 0.559. The Bertz CT molecular complexity index is 760. The molecule has 1 fully saturated rings. The highest BCUT2D eigenvalue weighted by molar-refractivity contribution is 7.12. The fourth-order valence-corrected chi connectivity index (χ4v) is 3.62. The largest absolute Gasteiger partial charge is 0.497 e. The summed E-state index contributed by atoms with van der Waals surface area (Å²) in [6, 6.07) is 8.34. The highest BCUT2D eigenvalue weighted by atomic mass is 32.1. The van der Waals surface area contributed by atoms with Crippen molar-refractivity contribution in [3.8, 4) is 11.5 Å². The van der Waals surface area contributed by atoms with Crippen molar-refractivity contribution in [1.29, 1.82) is 0 Å². The van der Waals surface area contributed by atoms with Crippen molar-refractivity contribution in [3.63, 3.8) is 0 Å². The number of methoxy groups -OCH3 is 2. The first-order valence-corrected chi connectivity index (χ1v) is 8.89. The highest BCUT2D eigenvalue weighted by Crippen LogP contribution is 2.30. The summed E-state index contributed by atoms with van der Waals surface area (Å²) in [6.07, 6.45) is 1.47. The summed E-state index contributed by atoms with van der Waals surface area (Å²) in [4.78, 5) is 27.6. The van der Waals surface area contributed by atoms with Crippen LogP contribution in [0.3, 0.4) is 0 Å². The van der Waals surface area contributed by atoms with E-state index >= 15 is 0 Å². The molecule has 0 aliphatic carbocycles. The molecule has 2 aromatic rings. The van der Waals surface area contributed by atoms with Gasteiger partial charge in [0.15, 0.2) is 0 Å². The number of hydrogen-bond donors (Lipinski definition) is 1. The van der Waals surface area contributed by atoms with Gasteiger partial charge in [-0.05, 0) is 36.4 Å². The molecule has 1 N–H and O–H groups in total. The monoisotopic (exact) mass is 360 g/mol. The van der Waals surface area contributed by atoms with Crippen molar-refractivity contribution in [2.45, 2.75) is 18.9 Å². The standard InChI is InChI=1S/C18H20N2O4S/c1-23-12-7-8-13(15(11-12)24-2)19-17(21)14-5-3-9-20(14)18(22)16-6-4-10-25-16/h4,6-8,10-11,14H,3,5,9H2,1-2H3,(H,19,21)/t14-/m1/s1. The normalized spacial score (nSPS) is 16.6. The third kappa shape index (κ3) is 3.61. The van der Waals surface area contributed by atoms with Gasteiger partial charge in [0, 0.05) is 12.6 Å². The van der Waals surface area contributed by atoms with Crippen molar-refractivity contribution >= 4 is 28.8 Å². The molecule has 0 unspecified atom stereocenters. The summed E-state index contributed by atoms with van der Waals surface area (Å²) < 4.78 is 10.5. The second-order valence-electron chi connectivity index (χ2n) is 5.69. The van der Waals surface area contributed by atoms with Gasteiger partial charge in [-0.2, -0.15) is 0 Å². The first-order chi connectivity index (χ1) is 12.1. The Morgan fingerprint density at radius 3 is 2.76 bits per heavy atom. The van der Waals surface area contributed by atoms with Crippen LogP contribution in [0.15, 0.2) is 35.7 Å². The predicted octanol–water partition coefficient (Wildman–Crippen LogP) is 3.01. The lowest BCUT2D eigenvalue weighted by atomic mass is 10.2. The summed E-state index contributed by atoms with van der Waals surface area (Å²) in [5.74, 6) is 0.868. The Morgan fingerprint density at radius 1 is 1.24 bits per heavy atom. The van der Waals surface area contributed by atoms with Crippen LogP contribution in [0.5, 0.6) is 11.5 Å². The highest BCUT2D eigenvalue weighted by Gasteiger charge is 2.35. The summed E-state index contributed by atoms with van der Waals surface area (Å²) in [7, 11) is 3.10. The third-order valence-electron chi connectivity index (χ3n) is 4.21. The van der Waals surface area contributed by atoms with Crippen LogP contribution in [-0.2, 0) is 4.79 Å². The molecular weight excluding hydrogens is 340 g/mol. The molecule has 2 amide bonds. The van der Waals surface area contributed by atoms with Gasteiger partial charge in [0.25, 0.3) is 5.91 Å². The average Bonchev–Trinajstić information content (AvgIpc) is 3.33. The van der Waals surface area contributed by atoms with E-state index in [1.54, 1.807) is 36.3 Å². The van der Waals surface area contributed by atoms with Crippen molar-refractivity contribution in [3.05, 3.63) is 40.6 Å². The SMILES string of the molecule is COc1ccc(NC(=O)[C@H]2CCCN2C(=O)c2cccs2)c(OC)c1. The fraction of sp³-hybridized carbons (Fsp3) is 0.333. The molecule has 1 aromatic carbocycles. The molecule has 132 valence electrons. The van der Waals surface area contributed by atoms with E-state index in [9.17, 15) is 9.59 Å². The molecule has 6 nitrogen and oxygen atoms in total. The molecule has 0 radical (unpaired) electrons. The van der Waals surface area contributed by atoms with Crippen molar-refractivity contribution < 1.29 is 19.1 Å². The van der Waals surface area contributed by atoms with Crippen LogP contribution in [0.4, 0.5) is 5.69 Å². The molecular formula is C18H20N2O4S. The zero-order valence-electron chi connectivity index (χ0n) is 14.2. The van der Waals surface area contributed by atoms with Crippen LogP contribution in [0, 0.1) is 0 Å². The van der Waals surface area contributed by atoms with E-state index in [1.165, 1.54) is 18.4 Å². The smallest absolute Gasteiger partial charge is 0.264 e. The second-order valence-corrected chi connectivity index (χ2v) is 6.64. The first-order valence-electron chi connectivity index (χ1n) is 8.01. The van der Waals surface area contributed by atoms with Crippen molar-refractivity contribution in [1.82, 2.24) is 4.90 Å². The van der Waals surface area contributed by atoms with Gasteiger partial charge in [0.05, 0.1) is 24.8 Å². The van der Waals surface area contributed by atoms with Crippen molar-refractivity contribution in [2.75, 3.05) is 26.1 Å². The number of likely N-dealkylation sites (tertiary alicyclic amines) is 1. The van der Waals surface area contributed by atoms with Gasteiger partial charge in [0.2, 0.25) is 5.91 Å². The maximum atomic E-state index is 12.7. The van der Waals surface area contributed by atoms with Crippen LogP contribution in [-0.4, -0.2) is 43.5 Å². The van der Waals surface area contributed by atoms with Crippen LogP contribution < -0.4 is 14.8 Å². The predicted molar refractivity (Wildman–Crippen MR) is 96.6 cm³/mol. The number of amides is 2. The van der Waals surface area contributed by atoms with E-state index < -0.39 is 6.04 Å². The molecule has 1 atom stereocenters. The number of carbonyl (C=O) groups excluding carboxylic acids is 2. The lowest BCUT2D eigenvalue weighted by Gasteiger charge is -2.24. The van der Waals surface area contributed by atoms with Gasteiger partial charge >= 0.3 is 0 Å². The molecule has 0 bridgehead atoms. The quantitative estimate of drug-likeness (QED) is 0.890. The van der Waals surface area contributed by atoms with Crippen LogP contribution in [0.2, 0.25) is 0 Å². The Labute approximate surface area is 150 Å². The number of thiophene rings is 1. The minimum atomic E-state index is -0.471. The maximum Gasteiger partial charge on any atom is 0.264 e. The van der Waals surface area contributed by atoms with E-state index in [0.29, 0.717) is 35.0 Å². The lowest BCUT2D eigenvalue weighted by Crippen LogP contribution is -2.43. The molecule has 1 aliphatic rings. The minimum Gasteiger partial charge on any atom is -0.497 e.